The van der Waals surface area contributed by atoms with Crippen LogP contribution >= 0.6 is 0 Å². The van der Waals surface area contributed by atoms with Gasteiger partial charge in [-0.15, -0.1) is 0 Å². The van der Waals surface area contributed by atoms with Crippen LogP contribution in [0.5, 0.6) is 0 Å². The molecule has 1 aromatic carbocycles. The number of ether oxygens (including phenoxy) is 1. The predicted octanol–water partition coefficient (Wildman–Crippen LogP) is 6.44. The van der Waals surface area contributed by atoms with Gasteiger partial charge in [0.15, 0.2) is 0 Å². The lowest BCUT2D eigenvalue weighted by molar-refractivity contribution is -0.168. The molecule has 5 heteroatoms. The van der Waals surface area contributed by atoms with Gasteiger partial charge in [-0.2, -0.15) is 0 Å². The molecule has 2 aliphatic carbocycles. The monoisotopic (exact) mass is 477 g/mol. The Bertz CT molecular complexity index is 1070. The van der Waals surface area contributed by atoms with Crippen molar-refractivity contribution < 1.29 is 18.7 Å². The van der Waals surface area contributed by atoms with E-state index in [2.05, 4.69) is 20.4 Å². The molecular formula is C30H39NO4. The lowest BCUT2D eigenvalue weighted by Gasteiger charge is -2.57. The van der Waals surface area contributed by atoms with Gasteiger partial charge in [0.2, 0.25) is 0 Å². The summed E-state index contributed by atoms with van der Waals surface area (Å²) >= 11 is 0. The maximum Gasteiger partial charge on any atom is 0.311 e. The van der Waals surface area contributed by atoms with Gasteiger partial charge in [-0.1, -0.05) is 43.7 Å². The number of fused-ring (bicyclic) bond motifs is 1. The second-order valence-electron chi connectivity index (χ2n) is 11.0. The minimum Gasteiger partial charge on any atom is -0.469 e. The van der Waals surface area contributed by atoms with E-state index in [1.807, 2.05) is 43.4 Å². The van der Waals surface area contributed by atoms with Crippen LogP contribution in [0.2, 0.25) is 0 Å². The molecule has 0 N–H and O–H groups in total. The van der Waals surface area contributed by atoms with E-state index >= 15 is 0 Å². The first-order valence-corrected chi connectivity index (χ1v) is 12.8. The van der Waals surface area contributed by atoms with E-state index in [9.17, 15) is 9.59 Å². The van der Waals surface area contributed by atoms with Gasteiger partial charge < -0.3 is 14.1 Å². The Morgan fingerprint density at radius 1 is 1.17 bits per heavy atom. The van der Waals surface area contributed by atoms with Gasteiger partial charge in [-0.25, -0.2) is 0 Å². The predicted molar refractivity (Wildman–Crippen MR) is 137 cm³/mol. The molecule has 35 heavy (non-hydrogen) atoms. The molecule has 5 nitrogen and oxygen atoms in total. The van der Waals surface area contributed by atoms with Crippen LogP contribution in [0.4, 0.5) is 0 Å². The third-order valence-electron chi connectivity index (χ3n) is 8.96. The van der Waals surface area contributed by atoms with Crippen molar-refractivity contribution in [3.05, 3.63) is 71.7 Å². The molecule has 2 aliphatic rings. The van der Waals surface area contributed by atoms with Crippen LogP contribution in [-0.2, 0) is 22.5 Å². The first kappa shape index (κ1) is 25.3. The minimum absolute atomic E-state index is 0.0201. The van der Waals surface area contributed by atoms with Crippen LogP contribution in [0.15, 0.2) is 59.2 Å². The maximum absolute atomic E-state index is 12.8. The van der Waals surface area contributed by atoms with Crippen LogP contribution in [0, 0.1) is 22.7 Å². The molecule has 1 aromatic heterocycles. The number of allylic oxidation sites excluding steroid dienone is 1. The summed E-state index contributed by atoms with van der Waals surface area (Å²) in [7, 11) is 3.32. The third-order valence-corrected chi connectivity index (χ3v) is 8.96. The molecular weight excluding hydrogens is 438 g/mol. The zero-order valence-electron chi connectivity index (χ0n) is 21.6. The fourth-order valence-electron chi connectivity index (χ4n) is 7.08. The zero-order valence-corrected chi connectivity index (χ0v) is 21.6. The maximum atomic E-state index is 12.8. The average Bonchev–Trinajstić information content (AvgIpc) is 3.29. The van der Waals surface area contributed by atoms with E-state index in [-0.39, 0.29) is 17.3 Å². The van der Waals surface area contributed by atoms with Crippen molar-refractivity contribution in [2.45, 2.75) is 65.3 Å². The summed E-state index contributed by atoms with van der Waals surface area (Å²) < 4.78 is 11.1. The molecule has 0 aliphatic heterocycles. The first-order valence-electron chi connectivity index (χ1n) is 12.8. The van der Waals surface area contributed by atoms with Gasteiger partial charge >= 0.3 is 5.97 Å². The Morgan fingerprint density at radius 3 is 2.63 bits per heavy atom. The van der Waals surface area contributed by atoms with Crippen LogP contribution in [-0.4, -0.2) is 30.9 Å². The molecule has 0 unspecified atom stereocenters. The molecule has 1 heterocycles. The number of esters is 1. The van der Waals surface area contributed by atoms with E-state index in [1.54, 1.807) is 11.2 Å². The summed E-state index contributed by atoms with van der Waals surface area (Å²) in [6.07, 6.45) is 8.55. The normalized spacial score (nSPS) is 28.3. The lowest BCUT2D eigenvalue weighted by atomic mass is 9.46. The summed E-state index contributed by atoms with van der Waals surface area (Å²) in [4.78, 5) is 27.3. The van der Waals surface area contributed by atoms with Gasteiger partial charge in [-0.05, 0) is 86.5 Å². The fraction of sp³-hybridized carbons (Fsp3) is 0.533. The minimum atomic E-state index is -0.429. The number of aryl methyl sites for hydroxylation is 1. The highest BCUT2D eigenvalue weighted by Gasteiger charge is 2.57. The summed E-state index contributed by atoms with van der Waals surface area (Å²) in [6.45, 7) is 9.39. The van der Waals surface area contributed by atoms with Crippen LogP contribution in [0.1, 0.15) is 74.1 Å². The second kappa shape index (κ2) is 10.0. The van der Waals surface area contributed by atoms with Crippen molar-refractivity contribution in [3.63, 3.8) is 0 Å². The highest BCUT2D eigenvalue weighted by molar-refractivity contribution is 5.93. The van der Waals surface area contributed by atoms with Gasteiger partial charge in [0.1, 0.15) is 5.76 Å². The number of amides is 1. The van der Waals surface area contributed by atoms with Gasteiger partial charge in [0.05, 0.1) is 25.3 Å². The SMILES string of the molecule is C=C1CC[C@@H]2[C@](C)(CCC[C@@]2(C)C(=O)OC)[C@H]1CCc1ccoc1CN(C)C(=O)c1ccccc1. The molecule has 0 spiro atoms. The molecule has 4 rings (SSSR count). The first-order chi connectivity index (χ1) is 16.7. The number of furan rings is 1. The topological polar surface area (TPSA) is 59.8 Å². The number of methoxy groups -OCH3 is 1. The lowest BCUT2D eigenvalue weighted by Crippen LogP contribution is -2.53. The number of hydrogen-bond acceptors (Lipinski definition) is 4. The van der Waals surface area contributed by atoms with Crippen LogP contribution < -0.4 is 0 Å². The highest BCUT2D eigenvalue weighted by Crippen LogP contribution is 2.62. The van der Waals surface area contributed by atoms with Gasteiger partial charge in [-0.3, -0.25) is 9.59 Å². The van der Waals surface area contributed by atoms with E-state index in [1.165, 1.54) is 12.7 Å². The summed E-state index contributed by atoms with van der Waals surface area (Å²) in [5.41, 5.74) is 2.72. The molecule has 2 aromatic rings. The number of hydrogen-bond donors (Lipinski definition) is 0. The number of benzene rings is 1. The zero-order chi connectivity index (χ0) is 25.2. The summed E-state index contributed by atoms with van der Waals surface area (Å²) in [5.74, 6) is 1.39. The van der Waals surface area contributed by atoms with E-state index in [4.69, 9.17) is 9.15 Å². The van der Waals surface area contributed by atoms with Crippen molar-refractivity contribution in [1.82, 2.24) is 4.90 Å². The van der Waals surface area contributed by atoms with E-state index < -0.39 is 5.41 Å². The highest BCUT2D eigenvalue weighted by atomic mass is 16.5. The molecule has 0 radical (unpaired) electrons. The summed E-state index contributed by atoms with van der Waals surface area (Å²) in [5, 5.41) is 0. The van der Waals surface area contributed by atoms with Crippen molar-refractivity contribution in [3.8, 4) is 0 Å². The summed E-state index contributed by atoms with van der Waals surface area (Å²) in [6, 6.07) is 11.4. The Balaban J connectivity index is 1.48. The molecule has 1 amide bonds. The van der Waals surface area contributed by atoms with Gasteiger partial charge in [0, 0.05) is 12.6 Å². The molecule has 0 bridgehead atoms. The molecule has 0 saturated heterocycles. The number of carbonyl (C=O) groups is 2. The van der Waals surface area contributed by atoms with Crippen molar-refractivity contribution >= 4 is 11.9 Å². The smallest absolute Gasteiger partial charge is 0.311 e. The van der Waals surface area contributed by atoms with Crippen LogP contribution in [0.25, 0.3) is 0 Å². The fourth-order valence-corrected chi connectivity index (χ4v) is 7.08. The standard InChI is InChI=1S/C30H39NO4/c1-21-12-15-26-29(2,17-9-18-30(26,3)28(33)34-5)24(21)14-13-22-16-19-35-25(22)20-31(4)27(32)23-10-7-6-8-11-23/h6-8,10-11,16,19,24,26H,1,9,12-15,17-18,20H2,2-5H3/t24-,26+,29+,30+/m0/s1. The molecule has 2 fully saturated rings. The molecule has 188 valence electrons. The average molecular weight is 478 g/mol. The number of rotatable bonds is 7. The van der Waals surface area contributed by atoms with Crippen molar-refractivity contribution in [2.24, 2.45) is 22.7 Å². The molecule has 4 atom stereocenters. The Kier molecular flexibility index (Phi) is 7.25. The van der Waals surface area contributed by atoms with E-state index in [0.29, 0.717) is 23.9 Å². The third kappa shape index (κ3) is 4.70. The van der Waals surface area contributed by atoms with Crippen molar-refractivity contribution in [2.75, 3.05) is 14.2 Å². The van der Waals surface area contributed by atoms with Crippen LogP contribution in [0.3, 0.4) is 0 Å². The number of nitrogens with zero attached hydrogens (tertiary/aromatic N) is 1. The van der Waals surface area contributed by atoms with E-state index in [0.717, 1.165) is 56.3 Å². The van der Waals surface area contributed by atoms with Gasteiger partial charge in [0.25, 0.3) is 5.91 Å². The largest absolute Gasteiger partial charge is 0.469 e. The Morgan fingerprint density at radius 2 is 1.91 bits per heavy atom. The quantitative estimate of drug-likeness (QED) is 0.340. The second-order valence-corrected chi connectivity index (χ2v) is 11.0. The Labute approximate surface area is 209 Å². The molecule has 2 saturated carbocycles. The van der Waals surface area contributed by atoms with Crippen molar-refractivity contribution in [1.29, 1.82) is 0 Å². The Hall–Kier alpha value is -2.82. The number of carbonyl (C=O) groups excluding carboxylic acids is 2.